The highest BCUT2D eigenvalue weighted by atomic mass is 16.5. The maximum Gasteiger partial charge on any atom is 0.224 e. The standard InChI is InChI=1S/C21H27NO4/c1-4-5-14-26-18-9-7-6-8-17(18)22-21(23)13-11-16-10-12-19(24-2)20(15-16)25-3/h6-10,12,15H,4-5,11,13-14H2,1-3H3,(H,22,23). The van der Waals surface area contributed by atoms with Gasteiger partial charge in [-0.1, -0.05) is 31.5 Å². The molecule has 0 aliphatic carbocycles. The number of rotatable bonds is 10. The first kappa shape index (κ1) is 19.6. The Bertz CT molecular complexity index is 715. The first-order valence-electron chi connectivity index (χ1n) is 8.90. The van der Waals surface area contributed by atoms with Crippen molar-refractivity contribution in [2.24, 2.45) is 0 Å². The number of hydrogen-bond acceptors (Lipinski definition) is 4. The van der Waals surface area contributed by atoms with Crippen molar-refractivity contribution in [1.82, 2.24) is 0 Å². The Labute approximate surface area is 155 Å². The lowest BCUT2D eigenvalue weighted by Gasteiger charge is -2.12. The van der Waals surface area contributed by atoms with Crippen molar-refractivity contribution >= 4 is 11.6 Å². The molecular weight excluding hydrogens is 330 g/mol. The van der Waals surface area contributed by atoms with Gasteiger partial charge in [0.15, 0.2) is 11.5 Å². The fourth-order valence-electron chi connectivity index (χ4n) is 2.53. The zero-order chi connectivity index (χ0) is 18.8. The monoisotopic (exact) mass is 357 g/mol. The van der Waals surface area contributed by atoms with Crippen LogP contribution in [0.25, 0.3) is 0 Å². The molecule has 0 spiro atoms. The number of hydrogen-bond donors (Lipinski definition) is 1. The molecule has 0 heterocycles. The van der Waals surface area contributed by atoms with Crippen molar-refractivity contribution in [2.45, 2.75) is 32.6 Å². The topological polar surface area (TPSA) is 56.8 Å². The Kier molecular flexibility index (Phi) is 7.80. The average Bonchev–Trinajstić information content (AvgIpc) is 2.67. The molecule has 0 radical (unpaired) electrons. The Morgan fingerprint density at radius 2 is 1.77 bits per heavy atom. The van der Waals surface area contributed by atoms with Crippen molar-refractivity contribution < 1.29 is 19.0 Å². The number of nitrogens with one attached hydrogen (secondary N) is 1. The number of aryl methyl sites for hydroxylation is 1. The Morgan fingerprint density at radius 3 is 2.50 bits per heavy atom. The Morgan fingerprint density at radius 1 is 1.00 bits per heavy atom. The smallest absolute Gasteiger partial charge is 0.224 e. The van der Waals surface area contributed by atoms with Crippen LogP contribution < -0.4 is 19.5 Å². The van der Waals surface area contributed by atoms with Gasteiger partial charge in [-0.25, -0.2) is 0 Å². The SMILES string of the molecule is CCCCOc1ccccc1NC(=O)CCc1ccc(OC)c(OC)c1. The van der Waals surface area contributed by atoms with Gasteiger partial charge in [-0.3, -0.25) is 4.79 Å². The summed E-state index contributed by atoms with van der Waals surface area (Å²) in [4.78, 5) is 12.3. The lowest BCUT2D eigenvalue weighted by molar-refractivity contribution is -0.116. The number of amides is 1. The normalized spacial score (nSPS) is 10.3. The summed E-state index contributed by atoms with van der Waals surface area (Å²) in [6, 6.07) is 13.2. The second kappa shape index (κ2) is 10.3. The largest absolute Gasteiger partial charge is 0.493 e. The molecule has 0 fully saturated rings. The van der Waals surface area contributed by atoms with Crippen molar-refractivity contribution in [2.75, 3.05) is 26.1 Å². The minimum absolute atomic E-state index is 0.0497. The van der Waals surface area contributed by atoms with E-state index in [0.29, 0.717) is 42.4 Å². The van der Waals surface area contributed by atoms with Crippen LogP contribution in [0.2, 0.25) is 0 Å². The van der Waals surface area contributed by atoms with Crippen LogP contribution in [0.4, 0.5) is 5.69 Å². The van der Waals surface area contributed by atoms with Crippen LogP contribution in [0.15, 0.2) is 42.5 Å². The van der Waals surface area contributed by atoms with E-state index in [0.717, 1.165) is 18.4 Å². The third kappa shape index (κ3) is 5.69. The zero-order valence-electron chi connectivity index (χ0n) is 15.7. The summed E-state index contributed by atoms with van der Waals surface area (Å²) >= 11 is 0. The predicted octanol–water partition coefficient (Wildman–Crippen LogP) is 4.45. The average molecular weight is 357 g/mol. The van der Waals surface area contributed by atoms with Gasteiger partial charge in [0.1, 0.15) is 5.75 Å². The number of methoxy groups -OCH3 is 2. The number of unbranched alkanes of at least 4 members (excludes halogenated alkanes) is 1. The Balaban J connectivity index is 1.93. The third-order valence-corrected chi connectivity index (χ3v) is 4.01. The van der Waals surface area contributed by atoms with Crippen LogP contribution in [0.1, 0.15) is 31.7 Å². The molecule has 0 atom stereocenters. The number of carbonyl (C=O) groups excluding carboxylic acids is 1. The van der Waals surface area contributed by atoms with Crippen molar-refractivity contribution in [3.05, 3.63) is 48.0 Å². The quantitative estimate of drug-likeness (QED) is 0.638. The molecule has 5 nitrogen and oxygen atoms in total. The predicted molar refractivity (Wildman–Crippen MR) is 103 cm³/mol. The molecule has 0 saturated carbocycles. The van der Waals surface area contributed by atoms with E-state index in [9.17, 15) is 4.79 Å². The molecule has 5 heteroatoms. The first-order chi connectivity index (χ1) is 12.7. The zero-order valence-corrected chi connectivity index (χ0v) is 15.7. The van der Waals surface area contributed by atoms with Crippen molar-refractivity contribution in [3.63, 3.8) is 0 Å². The van der Waals surface area contributed by atoms with E-state index in [1.807, 2.05) is 42.5 Å². The highest BCUT2D eigenvalue weighted by molar-refractivity contribution is 5.92. The summed E-state index contributed by atoms with van der Waals surface area (Å²) in [6.07, 6.45) is 3.05. The summed E-state index contributed by atoms with van der Waals surface area (Å²) in [5.41, 5.74) is 1.73. The molecule has 140 valence electrons. The van der Waals surface area contributed by atoms with Crippen LogP contribution in [-0.4, -0.2) is 26.7 Å². The molecule has 26 heavy (non-hydrogen) atoms. The van der Waals surface area contributed by atoms with E-state index in [2.05, 4.69) is 12.2 Å². The summed E-state index contributed by atoms with van der Waals surface area (Å²) < 4.78 is 16.3. The van der Waals surface area contributed by atoms with Crippen LogP contribution in [0, 0.1) is 0 Å². The molecule has 0 bridgehead atoms. The second-order valence-corrected chi connectivity index (χ2v) is 5.94. The highest BCUT2D eigenvalue weighted by Crippen LogP contribution is 2.28. The van der Waals surface area contributed by atoms with E-state index in [-0.39, 0.29) is 5.91 Å². The number of anilines is 1. The molecule has 0 unspecified atom stereocenters. The van der Waals surface area contributed by atoms with Gasteiger partial charge in [-0.15, -0.1) is 0 Å². The molecule has 2 aromatic carbocycles. The molecular formula is C21H27NO4. The maximum absolute atomic E-state index is 12.3. The fraction of sp³-hybridized carbons (Fsp3) is 0.381. The van der Waals surface area contributed by atoms with Crippen LogP contribution in [0.5, 0.6) is 17.2 Å². The van der Waals surface area contributed by atoms with Gasteiger partial charge in [-0.05, 0) is 42.7 Å². The molecule has 2 aromatic rings. The Hall–Kier alpha value is -2.69. The summed E-state index contributed by atoms with van der Waals surface area (Å²) in [7, 11) is 3.20. The molecule has 1 amide bonds. The highest BCUT2D eigenvalue weighted by Gasteiger charge is 2.09. The molecule has 0 aliphatic rings. The lowest BCUT2D eigenvalue weighted by Crippen LogP contribution is -2.13. The summed E-state index contributed by atoms with van der Waals surface area (Å²) in [5, 5.41) is 2.94. The van der Waals surface area contributed by atoms with Gasteiger partial charge < -0.3 is 19.5 Å². The number of ether oxygens (including phenoxy) is 3. The van der Waals surface area contributed by atoms with E-state index in [1.165, 1.54) is 0 Å². The van der Waals surface area contributed by atoms with Gasteiger partial charge in [0.05, 0.1) is 26.5 Å². The van der Waals surface area contributed by atoms with Crippen LogP contribution in [0.3, 0.4) is 0 Å². The van der Waals surface area contributed by atoms with Crippen LogP contribution >= 0.6 is 0 Å². The van der Waals surface area contributed by atoms with Gasteiger partial charge in [-0.2, -0.15) is 0 Å². The van der Waals surface area contributed by atoms with Crippen molar-refractivity contribution in [3.8, 4) is 17.2 Å². The van der Waals surface area contributed by atoms with Crippen molar-refractivity contribution in [1.29, 1.82) is 0 Å². The fourth-order valence-corrected chi connectivity index (χ4v) is 2.53. The first-order valence-corrected chi connectivity index (χ1v) is 8.90. The third-order valence-electron chi connectivity index (χ3n) is 4.01. The molecule has 1 N–H and O–H groups in total. The number of benzene rings is 2. The summed E-state index contributed by atoms with van der Waals surface area (Å²) in [6.45, 7) is 2.76. The van der Waals surface area contributed by atoms with E-state index in [4.69, 9.17) is 14.2 Å². The minimum Gasteiger partial charge on any atom is -0.493 e. The molecule has 0 aromatic heterocycles. The van der Waals surface area contributed by atoms with Gasteiger partial charge in [0.25, 0.3) is 0 Å². The van der Waals surface area contributed by atoms with Crippen LogP contribution in [-0.2, 0) is 11.2 Å². The van der Waals surface area contributed by atoms with Gasteiger partial charge in [0, 0.05) is 6.42 Å². The van der Waals surface area contributed by atoms with Gasteiger partial charge in [0.2, 0.25) is 5.91 Å². The number of carbonyl (C=O) groups is 1. The lowest BCUT2D eigenvalue weighted by atomic mass is 10.1. The molecule has 0 aliphatic heterocycles. The van der Waals surface area contributed by atoms with Gasteiger partial charge >= 0.3 is 0 Å². The van der Waals surface area contributed by atoms with E-state index in [1.54, 1.807) is 14.2 Å². The minimum atomic E-state index is -0.0497. The number of para-hydroxylation sites is 2. The maximum atomic E-state index is 12.3. The van der Waals surface area contributed by atoms with E-state index < -0.39 is 0 Å². The molecule has 0 saturated heterocycles. The van der Waals surface area contributed by atoms with E-state index >= 15 is 0 Å². The summed E-state index contributed by atoms with van der Waals surface area (Å²) in [5.74, 6) is 2.01. The second-order valence-electron chi connectivity index (χ2n) is 5.94. The molecule has 2 rings (SSSR count).